The van der Waals surface area contributed by atoms with Crippen molar-refractivity contribution in [1.82, 2.24) is 4.90 Å². The Morgan fingerprint density at radius 3 is 2.31 bits per heavy atom. The van der Waals surface area contributed by atoms with Crippen LogP contribution in [0.15, 0.2) is 41.3 Å². The fraction of sp³-hybridized carbons (Fsp3) is 0.150. The molecule has 12 heteroatoms. The predicted molar refractivity (Wildman–Crippen MR) is 116 cm³/mol. The van der Waals surface area contributed by atoms with E-state index in [2.05, 4.69) is 5.32 Å². The second kappa shape index (κ2) is 9.39. The van der Waals surface area contributed by atoms with Gasteiger partial charge in [0.15, 0.2) is 11.5 Å². The van der Waals surface area contributed by atoms with Crippen LogP contribution in [0.5, 0.6) is 17.2 Å². The molecule has 0 atom stereocenters. The standard InChI is InChI=1S/C20H17N3O8S/c1-30-14-7-11(8-15(31-2)18(14)25)9-16-19(26)22(20(27)32-16)10-17(24)21-12-3-5-13(6-4-12)23(28)29/h3-9,25H,10H2,1-2H3,(H,21,24)/b16-9-. The Kier molecular flexibility index (Phi) is 6.64. The molecule has 2 aromatic rings. The van der Waals surface area contributed by atoms with Crippen molar-refractivity contribution in [2.75, 3.05) is 26.1 Å². The summed E-state index contributed by atoms with van der Waals surface area (Å²) in [5.41, 5.74) is 0.588. The minimum atomic E-state index is -0.662. The number of phenolic OH excluding ortho intramolecular Hbond substituents is 1. The summed E-state index contributed by atoms with van der Waals surface area (Å²) >= 11 is 0.661. The van der Waals surface area contributed by atoms with Crippen LogP contribution in [-0.2, 0) is 9.59 Å². The highest BCUT2D eigenvalue weighted by Crippen LogP contribution is 2.39. The third-order valence-corrected chi connectivity index (χ3v) is 5.24. The van der Waals surface area contributed by atoms with Crippen LogP contribution in [0.2, 0.25) is 0 Å². The van der Waals surface area contributed by atoms with E-state index in [1.165, 1.54) is 56.7 Å². The molecule has 0 unspecified atom stereocenters. The van der Waals surface area contributed by atoms with E-state index >= 15 is 0 Å². The average Bonchev–Trinajstić information content (AvgIpc) is 3.02. The number of anilines is 1. The number of non-ortho nitro benzene ring substituents is 1. The topological polar surface area (TPSA) is 148 Å². The van der Waals surface area contributed by atoms with Crippen LogP contribution in [0.3, 0.4) is 0 Å². The molecule has 0 spiro atoms. The van der Waals surface area contributed by atoms with Gasteiger partial charge in [0, 0.05) is 17.8 Å². The lowest BCUT2D eigenvalue weighted by Gasteiger charge is -2.12. The number of carbonyl (C=O) groups excluding carboxylic acids is 3. The van der Waals surface area contributed by atoms with Crippen LogP contribution in [-0.4, -0.2) is 52.7 Å². The van der Waals surface area contributed by atoms with Gasteiger partial charge in [-0.3, -0.25) is 29.4 Å². The Morgan fingerprint density at radius 1 is 1.19 bits per heavy atom. The number of rotatable bonds is 7. The van der Waals surface area contributed by atoms with Crippen molar-refractivity contribution in [1.29, 1.82) is 0 Å². The molecule has 1 saturated heterocycles. The maximum absolute atomic E-state index is 12.7. The van der Waals surface area contributed by atoms with Gasteiger partial charge in [-0.25, -0.2) is 0 Å². The number of nitrogens with one attached hydrogen (secondary N) is 1. The first-order valence-corrected chi connectivity index (χ1v) is 9.79. The zero-order chi connectivity index (χ0) is 23.4. The molecule has 1 aliphatic heterocycles. The average molecular weight is 459 g/mol. The smallest absolute Gasteiger partial charge is 0.294 e. The van der Waals surface area contributed by atoms with E-state index in [1.54, 1.807) is 0 Å². The van der Waals surface area contributed by atoms with Gasteiger partial charge in [-0.1, -0.05) is 0 Å². The van der Waals surface area contributed by atoms with Gasteiger partial charge in [0.25, 0.3) is 16.8 Å². The summed E-state index contributed by atoms with van der Waals surface area (Å²) in [6.45, 7) is -0.527. The van der Waals surface area contributed by atoms with Gasteiger partial charge >= 0.3 is 0 Å². The zero-order valence-electron chi connectivity index (χ0n) is 16.9. The van der Waals surface area contributed by atoms with Crippen LogP contribution >= 0.6 is 11.8 Å². The lowest BCUT2D eigenvalue weighted by molar-refractivity contribution is -0.384. The van der Waals surface area contributed by atoms with E-state index < -0.39 is 28.5 Å². The number of hydrogen-bond donors (Lipinski definition) is 2. The molecule has 1 aliphatic rings. The lowest BCUT2D eigenvalue weighted by atomic mass is 10.1. The van der Waals surface area contributed by atoms with Crippen molar-refractivity contribution in [3.8, 4) is 17.2 Å². The van der Waals surface area contributed by atoms with E-state index in [9.17, 15) is 29.6 Å². The molecule has 0 aromatic heterocycles. The predicted octanol–water partition coefficient (Wildman–Crippen LogP) is 2.99. The Labute approximate surface area is 185 Å². The minimum absolute atomic E-state index is 0.0768. The van der Waals surface area contributed by atoms with E-state index in [4.69, 9.17) is 9.47 Å². The first kappa shape index (κ1) is 22.6. The van der Waals surface area contributed by atoms with Crippen LogP contribution in [0.4, 0.5) is 16.2 Å². The Morgan fingerprint density at radius 2 is 1.78 bits per heavy atom. The van der Waals surface area contributed by atoms with Crippen LogP contribution in [0, 0.1) is 10.1 Å². The van der Waals surface area contributed by atoms with Gasteiger partial charge in [0.05, 0.1) is 24.0 Å². The quantitative estimate of drug-likeness (QED) is 0.362. The third kappa shape index (κ3) is 4.81. The first-order valence-electron chi connectivity index (χ1n) is 8.98. The van der Waals surface area contributed by atoms with Crippen molar-refractivity contribution >= 4 is 46.3 Å². The summed E-state index contributed by atoms with van der Waals surface area (Å²) in [7, 11) is 2.71. The summed E-state index contributed by atoms with van der Waals surface area (Å²) in [4.78, 5) is 48.2. The van der Waals surface area contributed by atoms with Crippen molar-refractivity contribution in [2.24, 2.45) is 0 Å². The normalized spacial score (nSPS) is 14.6. The van der Waals surface area contributed by atoms with Crippen molar-refractivity contribution in [2.45, 2.75) is 0 Å². The first-order chi connectivity index (χ1) is 15.2. The molecule has 1 heterocycles. The Bertz CT molecular complexity index is 1110. The number of amides is 3. The Hall–Kier alpha value is -4.06. The number of nitrogens with zero attached hydrogens (tertiary/aromatic N) is 2. The van der Waals surface area contributed by atoms with Gasteiger partial charge in [-0.2, -0.15) is 0 Å². The van der Waals surface area contributed by atoms with Crippen molar-refractivity contribution in [3.63, 3.8) is 0 Å². The molecule has 2 N–H and O–H groups in total. The van der Waals surface area contributed by atoms with Crippen LogP contribution < -0.4 is 14.8 Å². The van der Waals surface area contributed by atoms with Crippen molar-refractivity contribution < 1.29 is 33.9 Å². The number of carbonyl (C=O) groups is 3. The third-order valence-electron chi connectivity index (χ3n) is 4.34. The van der Waals surface area contributed by atoms with Crippen molar-refractivity contribution in [3.05, 3.63) is 57.0 Å². The molecule has 32 heavy (non-hydrogen) atoms. The van der Waals surface area contributed by atoms with E-state index in [1.807, 2.05) is 0 Å². The second-order valence-electron chi connectivity index (χ2n) is 6.39. The van der Waals surface area contributed by atoms with Gasteiger partial charge in [-0.15, -0.1) is 0 Å². The van der Waals surface area contributed by atoms with Gasteiger partial charge in [0.1, 0.15) is 6.54 Å². The maximum Gasteiger partial charge on any atom is 0.294 e. The number of aromatic hydroxyl groups is 1. The number of nitro groups is 1. The molecule has 2 aromatic carbocycles. The second-order valence-corrected chi connectivity index (χ2v) is 7.39. The molecule has 0 saturated carbocycles. The summed E-state index contributed by atoms with van der Waals surface area (Å²) in [6, 6.07) is 8.06. The van der Waals surface area contributed by atoms with Gasteiger partial charge < -0.3 is 19.9 Å². The monoisotopic (exact) mass is 459 g/mol. The molecule has 1 fully saturated rings. The zero-order valence-corrected chi connectivity index (χ0v) is 17.7. The SMILES string of the molecule is COc1cc(/C=C2\SC(=O)N(CC(=O)Nc3ccc([N+](=O)[O-])cc3)C2=O)cc(OC)c1O. The fourth-order valence-corrected chi connectivity index (χ4v) is 3.63. The number of thioether (sulfide) groups is 1. The van der Waals surface area contributed by atoms with E-state index in [-0.39, 0.29) is 33.5 Å². The maximum atomic E-state index is 12.7. The number of benzene rings is 2. The number of hydrogen-bond acceptors (Lipinski definition) is 9. The highest BCUT2D eigenvalue weighted by Gasteiger charge is 2.36. The number of imide groups is 1. The molecule has 166 valence electrons. The van der Waals surface area contributed by atoms with Gasteiger partial charge in [0.2, 0.25) is 11.7 Å². The summed E-state index contributed by atoms with van der Waals surface area (Å²) in [5.74, 6) is -1.27. The molecule has 3 rings (SSSR count). The molecule has 0 bridgehead atoms. The van der Waals surface area contributed by atoms with E-state index in [0.717, 1.165) is 4.90 Å². The minimum Gasteiger partial charge on any atom is -0.502 e. The molecule has 11 nitrogen and oxygen atoms in total. The number of phenols is 1. The Balaban J connectivity index is 1.73. The van der Waals surface area contributed by atoms with Crippen LogP contribution in [0.1, 0.15) is 5.56 Å². The molecule has 0 aliphatic carbocycles. The fourth-order valence-electron chi connectivity index (χ4n) is 2.80. The molecular weight excluding hydrogens is 442 g/mol. The number of methoxy groups -OCH3 is 2. The highest BCUT2D eigenvalue weighted by molar-refractivity contribution is 8.18. The summed E-state index contributed by atoms with van der Waals surface area (Å²) in [6.07, 6.45) is 1.42. The highest BCUT2D eigenvalue weighted by atomic mass is 32.2. The number of nitro benzene ring substituents is 1. The van der Waals surface area contributed by atoms with E-state index in [0.29, 0.717) is 17.3 Å². The largest absolute Gasteiger partial charge is 0.502 e. The molecule has 0 radical (unpaired) electrons. The molecule has 3 amide bonds. The van der Waals surface area contributed by atoms with Crippen LogP contribution in [0.25, 0.3) is 6.08 Å². The lowest BCUT2D eigenvalue weighted by Crippen LogP contribution is -2.36. The van der Waals surface area contributed by atoms with Gasteiger partial charge in [-0.05, 0) is 47.7 Å². The molecular formula is C20H17N3O8S. The summed E-state index contributed by atoms with van der Waals surface area (Å²) in [5, 5.41) is 22.5. The summed E-state index contributed by atoms with van der Waals surface area (Å²) < 4.78 is 10.1. The number of ether oxygens (including phenoxy) is 2.